The van der Waals surface area contributed by atoms with Crippen molar-refractivity contribution in [2.75, 3.05) is 0 Å². The number of fused-ring (bicyclic) bond motifs is 5. The molecule has 0 spiro atoms. The van der Waals surface area contributed by atoms with Gasteiger partial charge in [-0.2, -0.15) is 0 Å². The Hall–Kier alpha value is -2.47. The Kier molecular flexibility index (Phi) is 3.69. The molecule has 6 heteroatoms. The van der Waals surface area contributed by atoms with Gasteiger partial charge in [0.1, 0.15) is 16.8 Å². The maximum absolute atomic E-state index is 6.32. The van der Waals surface area contributed by atoms with Crippen molar-refractivity contribution in [1.82, 2.24) is 9.97 Å². The summed E-state index contributed by atoms with van der Waals surface area (Å²) in [6.07, 6.45) is 0. The summed E-state index contributed by atoms with van der Waals surface area (Å²) >= 11 is 9.86. The van der Waals surface area contributed by atoms with Crippen molar-refractivity contribution in [2.24, 2.45) is 0 Å². The number of nitrogens with zero attached hydrogens (tertiary/aromatic N) is 2. The van der Waals surface area contributed by atoms with Gasteiger partial charge in [-0.3, -0.25) is 0 Å². The number of rotatable bonds is 1. The zero-order chi connectivity index (χ0) is 18.7. The summed E-state index contributed by atoms with van der Waals surface area (Å²) in [6, 6.07) is 22.6. The Morgan fingerprint density at radius 1 is 0.750 bits per heavy atom. The quantitative estimate of drug-likeness (QED) is 0.262. The Balaban J connectivity index is 1.64. The van der Waals surface area contributed by atoms with E-state index in [2.05, 4.69) is 52.4 Å². The van der Waals surface area contributed by atoms with Crippen LogP contribution in [0, 0.1) is 0 Å². The summed E-state index contributed by atoms with van der Waals surface area (Å²) in [4.78, 5) is 13.9. The van der Waals surface area contributed by atoms with E-state index in [1.54, 1.807) is 23.5 Å². The monoisotopic (exact) mass is 418 g/mol. The molecule has 0 bridgehead atoms. The molecular formula is C22H11ClN2OS2. The molecule has 3 aromatic carbocycles. The van der Waals surface area contributed by atoms with Crippen LogP contribution in [0.1, 0.15) is 0 Å². The molecule has 1 aliphatic rings. The number of furan rings is 1. The third kappa shape index (κ3) is 2.47. The summed E-state index contributed by atoms with van der Waals surface area (Å²) in [6.45, 7) is 0. The van der Waals surface area contributed by atoms with Gasteiger partial charge in [-0.1, -0.05) is 59.9 Å². The van der Waals surface area contributed by atoms with Crippen LogP contribution in [0.25, 0.3) is 33.3 Å². The Labute approximate surface area is 174 Å². The van der Waals surface area contributed by atoms with Gasteiger partial charge in [0.15, 0.2) is 5.58 Å². The number of aromatic nitrogens is 2. The SMILES string of the molecule is Clc1nc(-c2cccc3c2Sc2ccccc2S3)c2oc3ccccc3c2n1. The molecule has 28 heavy (non-hydrogen) atoms. The van der Waals surface area contributed by atoms with E-state index in [0.29, 0.717) is 5.58 Å². The maximum Gasteiger partial charge on any atom is 0.223 e. The van der Waals surface area contributed by atoms with E-state index in [1.807, 2.05) is 24.3 Å². The summed E-state index contributed by atoms with van der Waals surface area (Å²) in [5.74, 6) is 0. The van der Waals surface area contributed by atoms with Gasteiger partial charge in [-0.05, 0) is 41.9 Å². The number of hydrogen-bond acceptors (Lipinski definition) is 5. The number of halogens is 1. The molecule has 0 N–H and O–H groups in total. The second-order valence-corrected chi connectivity index (χ2v) is 8.87. The van der Waals surface area contributed by atoms with Crippen LogP contribution in [0.4, 0.5) is 0 Å². The predicted octanol–water partition coefficient (Wildman–Crippen LogP) is 7.31. The lowest BCUT2D eigenvalue weighted by atomic mass is 10.1. The molecule has 3 heterocycles. The van der Waals surface area contributed by atoms with Crippen LogP contribution in [-0.4, -0.2) is 9.97 Å². The molecule has 0 radical (unpaired) electrons. The third-order valence-electron chi connectivity index (χ3n) is 4.71. The van der Waals surface area contributed by atoms with Crippen molar-refractivity contribution in [3.8, 4) is 11.3 Å². The fraction of sp³-hybridized carbons (Fsp3) is 0. The molecule has 0 fully saturated rings. The van der Waals surface area contributed by atoms with E-state index in [-0.39, 0.29) is 5.28 Å². The number of benzene rings is 3. The van der Waals surface area contributed by atoms with Crippen molar-refractivity contribution < 1.29 is 4.42 Å². The first kappa shape index (κ1) is 16.5. The van der Waals surface area contributed by atoms with Gasteiger partial charge >= 0.3 is 0 Å². The highest BCUT2D eigenvalue weighted by atomic mass is 35.5. The molecule has 0 amide bonds. The number of para-hydroxylation sites is 1. The fourth-order valence-electron chi connectivity index (χ4n) is 3.48. The highest BCUT2D eigenvalue weighted by Crippen LogP contribution is 2.52. The van der Waals surface area contributed by atoms with Crippen molar-refractivity contribution in [2.45, 2.75) is 19.6 Å². The van der Waals surface area contributed by atoms with Crippen LogP contribution in [0.2, 0.25) is 5.28 Å². The largest absolute Gasteiger partial charge is 0.452 e. The first-order valence-corrected chi connectivity index (χ1v) is 10.7. The van der Waals surface area contributed by atoms with E-state index >= 15 is 0 Å². The predicted molar refractivity (Wildman–Crippen MR) is 114 cm³/mol. The normalized spacial score (nSPS) is 12.9. The minimum Gasteiger partial charge on any atom is -0.452 e. The highest BCUT2D eigenvalue weighted by molar-refractivity contribution is 8.05. The van der Waals surface area contributed by atoms with E-state index in [1.165, 1.54) is 19.6 Å². The Morgan fingerprint density at radius 2 is 1.50 bits per heavy atom. The molecule has 134 valence electrons. The summed E-state index contributed by atoms with van der Waals surface area (Å²) in [5.41, 5.74) is 3.95. The van der Waals surface area contributed by atoms with Gasteiger partial charge in [0, 0.05) is 30.5 Å². The summed E-state index contributed by atoms with van der Waals surface area (Å²) in [5, 5.41) is 1.17. The molecule has 5 aromatic rings. The lowest BCUT2D eigenvalue weighted by Gasteiger charge is -2.20. The van der Waals surface area contributed by atoms with Crippen molar-refractivity contribution in [1.29, 1.82) is 0 Å². The van der Waals surface area contributed by atoms with Crippen LogP contribution in [-0.2, 0) is 0 Å². The van der Waals surface area contributed by atoms with E-state index in [4.69, 9.17) is 16.0 Å². The van der Waals surface area contributed by atoms with Crippen LogP contribution < -0.4 is 0 Å². The average molecular weight is 419 g/mol. The third-order valence-corrected chi connectivity index (χ3v) is 7.49. The summed E-state index contributed by atoms with van der Waals surface area (Å²) in [7, 11) is 0. The van der Waals surface area contributed by atoms with Gasteiger partial charge in [0.05, 0.1) is 0 Å². The lowest BCUT2D eigenvalue weighted by molar-refractivity contribution is 0.667. The average Bonchev–Trinajstić information content (AvgIpc) is 3.10. The van der Waals surface area contributed by atoms with Gasteiger partial charge < -0.3 is 4.42 Å². The molecule has 6 rings (SSSR count). The van der Waals surface area contributed by atoms with E-state index < -0.39 is 0 Å². The number of hydrogen-bond donors (Lipinski definition) is 0. The maximum atomic E-state index is 6.32. The van der Waals surface area contributed by atoms with Crippen LogP contribution in [0.3, 0.4) is 0 Å². The molecule has 0 aliphatic carbocycles. The fourth-order valence-corrected chi connectivity index (χ4v) is 6.03. The molecular weight excluding hydrogens is 408 g/mol. The van der Waals surface area contributed by atoms with Crippen molar-refractivity contribution in [3.63, 3.8) is 0 Å². The first-order chi connectivity index (χ1) is 13.8. The standard InChI is InChI=1S/C22H11ClN2OS2/c23-22-24-18-12-6-1-2-8-14(12)26-20(18)19(25-22)13-7-5-11-17-21(13)28-16-10-4-3-9-15(16)27-17/h1-11H. The Bertz CT molecular complexity index is 1400. The first-order valence-electron chi connectivity index (χ1n) is 8.71. The van der Waals surface area contributed by atoms with E-state index in [9.17, 15) is 0 Å². The van der Waals surface area contributed by atoms with E-state index in [0.717, 1.165) is 27.7 Å². The minimum atomic E-state index is 0.223. The second-order valence-electron chi connectivity index (χ2n) is 6.40. The Morgan fingerprint density at radius 3 is 2.39 bits per heavy atom. The highest BCUT2D eigenvalue weighted by Gasteiger charge is 2.24. The van der Waals surface area contributed by atoms with Crippen molar-refractivity contribution in [3.05, 3.63) is 72.0 Å². The molecule has 0 unspecified atom stereocenters. The van der Waals surface area contributed by atoms with Crippen LogP contribution >= 0.6 is 35.1 Å². The molecule has 0 atom stereocenters. The topological polar surface area (TPSA) is 38.9 Å². The van der Waals surface area contributed by atoms with Gasteiger partial charge in [-0.25, -0.2) is 9.97 Å². The zero-order valence-electron chi connectivity index (χ0n) is 14.3. The molecule has 0 saturated carbocycles. The smallest absolute Gasteiger partial charge is 0.223 e. The van der Waals surface area contributed by atoms with Gasteiger partial charge in [0.2, 0.25) is 5.28 Å². The van der Waals surface area contributed by atoms with Crippen LogP contribution in [0.5, 0.6) is 0 Å². The molecule has 3 nitrogen and oxygen atoms in total. The summed E-state index contributed by atoms with van der Waals surface area (Å²) < 4.78 is 6.15. The molecule has 2 aromatic heterocycles. The molecule has 0 saturated heterocycles. The lowest BCUT2D eigenvalue weighted by Crippen LogP contribution is -1.95. The van der Waals surface area contributed by atoms with Gasteiger partial charge in [-0.15, -0.1) is 0 Å². The minimum absolute atomic E-state index is 0.223. The van der Waals surface area contributed by atoms with Crippen molar-refractivity contribution >= 4 is 57.2 Å². The second kappa shape index (κ2) is 6.27. The molecule has 1 aliphatic heterocycles. The van der Waals surface area contributed by atoms with Gasteiger partial charge in [0.25, 0.3) is 0 Å². The van der Waals surface area contributed by atoms with Crippen LogP contribution in [0.15, 0.2) is 90.7 Å². The zero-order valence-corrected chi connectivity index (χ0v) is 16.7.